The van der Waals surface area contributed by atoms with Crippen LogP contribution in [0.2, 0.25) is 0 Å². The van der Waals surface area contributed by atoms with Crippen LogP contribution in [-0.4, -0.2) is 7.05 Å². The third kappa shape index (κ3) is 2.45. The first-order valence-electron chi connectivity index (χ1n) is 7.38. The average Bonchev–Trinajstić information content (AvgIpc) is 2.54. The highest BCUT2D eigenvalue weighted by Crippen LogP contribution is 2.21. The summed E-state index contributed by atoms with van der Waals surface area (Å²) < 4.78 is 17.2. The Morgan fingerprint density at radius 1 is 0.842 bits per heavy atom. The Morgan fingerprint density at radius 2 is 1.53 bits per heavy atom. The van der Waals surface area contributed by atoms with Crippen molar-refractivity contribution in [1.82, 2.24) is 0 Å². The van der Waals surface area contributed by atoms with Crippen molar-refractivity contribution in [2.24, 2.45) is 0 Å². The minimum Gasteiger partial charge on any atom is -0.370 e. The molecule has 0 spiro atoms. The largest absolute Gasteiger partial charge is 0.370 e. The van der Waals surface area contributed by atoms with E-state index >= 15 is 0 Å². The molecule has 0 aromatic heterocycles. The SMILES string of the molecule is [2H]C([2H])(c1cccc2ccccc12)N(C)c1ccccc1. The van der Waals surface area contributed by atoms with E-state index < -0.39 is 6.50 Å². The number of nitrogens with zero attached hydrogens (tertiary/aromatic N) is 1. The summed E-state index contributed by atoms with van der Waals surface area (Å²) in [4.78, 5) is 1.68. The molecule has 3 aromatic rings. The zero-order chi connectivity index (χ0) is 14.9. The van der Waals surface area contributed by atoms with Crippen molar-refractivity contribution in [1.29, 1.82) is 0 Å². The standard InChI is InChI=1S/C18H17N/c1-19(17-11-3-2-4-12-17)14-16-10-7-9-15-8-5-6-13-18(15)16/h2-13H,14H2,1H3/i14D2. The summed E-state index contributed by atoms with van der Waals surface area (Å²) in [5, 5.41) is 2.01. The van der Waals surface area contributed by atoms with E-state index in [2.05, 4.69) is 0 Å². The van der Waals surface area contributed by atoms with Gasteiger partial charge in [0.05, 0.1) is 2.74 Å². The second-order valence-corrected chi connectivity index (χ2v) is 4.53. The highest BCUT2D eigenvalue weighted by atomic mass is 15.1. The van der Waals surface area contributed by atoms with Crippen LogP contribution in [0.15, 0.2) is 72.8 Å². The molecule has 0 saturated carbocycles. The van der Waals surface area contributed by atoms with Crippen molar-refractivity contribution in [2.75, 3.05) is 11.9 Å². The molecular weight excluding hydrogens is 230 g/mol. The molecule has 0 atom stereocenters. The second kappa shape index (κ2) is 5.15. The van der Waals surface area contributed by atoms with Crippen molar-refractivity contribution in [2.45, 2.75) is 6.50 Å². The van der Waals surface area contributed by atoms with Gasteiger partial charge in [-0.2, -0.15) is 0 Å². The van der Waals surface area contributed by atoms with Crippen LogP contribution < -0.4 is 4.90 Å². The number of hydrogen-bond donors (Lipinski definition) is 0. The van der Waals surface area contributed by atoms with Crippen LogP contribution in [0.5, 0.6) is 0 Å². The van der Waals surface area contributed by atoms with Crippen LogP contribution in [-0.2, 0) is 6.50 Å². The van der Waals surface area contributed by atoms with Gasteiger partial charge in [0, 0.05) is 19.2 Å². The van der Waals surface area contributed by atoms with Gasteiger partial charge >= 0.3 is 0 Å². The first kappa shape index (κ1) is 9.62. The van der Waals surface area contributed by atoms with Gasteiger partial charge in [-0.05, 0) is 28.5 Å². The van der Waals surface area contributed by atoms with Crippen molar-refractivity contribution in [3.05, 3.63) is 78.4 Å². The van der Waals surface area contributed by atoms with Crippen molar-refractivity contribution in [3.8, 4) is 0 Å². The molecule has 1 heteroatoms. The Bertz CT molecular complexity index is 748. The Kier molecular flexibility index (Phi) is 2.61. The number of anilines is 1. The summed E-state index contributed by atoms with van der Waals surface area (Å²) in [5.41, 5.74) is 1.54. The molecule has 0 amide bonds. The van der Waals surface area contributed by atoms with E-state index in [0.29, 0.717) is 5.56 Å². The quantitative estimate of drug-likeness (QED) is 0.661. The van der Waals surface area contributed by atoms with Crippen molar-refractivity contribution >= 4 is 16.5 Å². The van der Waals surface area contributed by atoms with Crippen molar-refractivity contribution in [3.63, 3.8) is 0 Å². The summed E-state index contributed by atoms with van der Waals surface area (Å²) in [7, 11) is 1.79. The van der Waals surface area contributed by atoms with Gasteiger partial charge in [0.25, 0.3) is 0 Å². The smallest absolute Gasteiger partial charge is 0.0544 e. The van der Waals surface area contributed by atoms with E-state index in [0.717, 1.165) is 16.5 Å². The lowest BCUT2D eigenvalue weighted by Crippen LogP contribution is -2.16. The third-order valence-corrected chi connectivity index (χ3v) is 3.22. The molecule has 0 N–H and O–H groups in total. The summed E-state index contributed by atoms with van der Waals surface area (Å²) in [6.45, 7) is -1.58. The van der Waals surface area contributed by atoms with Crippen LogP contribution in [0, 0.1) is 0 Å². The molecule has 0 aliphatic heterocycles. The highest BCUT2D eigenvalue weighted by molar-refractivity contribution is 5.85. The van der Waals surface area contributed by atoms with Gasteiger partial charge in [-0.3, -0.25) is 0 Å². The van der Waals surface area contributed by atoms with E-state index in [-0.39, 0.29) is 0 Å². The monoisotopic (exact) mass is 249 g/mol. The molecule has 3 rings (SSSR count). The summed E-state index contributed by atoms with van der Waals surface area (Å²) in [6, 6.07) is 23.3. The van der Waals surface area contributed by atoms with Crippen LogP contribution in [0.4, 0.5) is 5.69 Å². The van der Waals surface area contributed by atoms with Gasteiger partial charge in [0.1, 0.15) is 0 Å². The molecule has 1 nitrogen and oxygen atoms in total. The number of hydrogen-bond acceptors (Lipinski definition) is 1. The molecule has 0 saturated heterocycles. The van der Waals surface area contributed by atoms with Crippen molar-refractivity contribution < 1.29 is 2.74 Å². The second-order valence-electron chi connectivity index (χ2n) is 4.53. The van der Waals surface area contributed by atoms with E-state index in [1.54, 1.807) is 11.9 Å². The van der Waals surface area contributed by atoms with Gasteiger partial charge in [-0.15, -0.1) is 0 Å². The highest BCUT2D eigenvalue weighted by Gasteiger charge is 2.04. The molecular formula is C18H17N. The first-order valence-corrected chi connectivity index (χ1v) is 6.38. The molecule has 0 heterocycles. The Hall–Kier alpha value is -2.28. The molecule has 3 aromatic carbocycles. The predicted octanol–water partition coefficient (Wildman–Crippen LogP) is 4.48. The number of benzene rings is 3. The van der Waals surface area contributed by atoms with E-state index in [1.165, 1.54) is 0 Å². The maximum atomic E-state index is 8.59. The molecule has 0 bridgehead atoms. The zero-order valence-corrected chi connectivity index (χ0v) is 10.9. The topological polar surface area (TPSA) is 3.24 Å². The molecule has 0 fully saturated rings. The first-order chi connectivity index (χ1) is 10.1. The van der Waals surface area contributed by atoms with Crippen LogP contribution in [0.25, 0.3) is 10.8 Å². The zero-order valence-electron chi connectivity index (χ0n) is 12.9. The molecule has 19 heavy (non-hydrogen) atoms. The van der Waals surface area contributed by atoms with Gasteiger partial charge in [0.15, 0.2) is 0 Å². The lowest BCUT2D eigenvalue weighted by Gasteiger charge is -2.20. The normalized spacial score (nSPS) is 12.9. The fourth-order valence-corrected chi connectivity index (χ4v) is 2.22. The molecule has 0 unspecified atom stereocenters. The molecule has 94 valence electrons. The van der Waals surface area contributed by atoms with E-state index in [1.807, 2.05) is 72.8 Å². The summed E-state index contributed by atoms with van der Waals surface area (Å²) in [5.74, 6) is 0. The predicted molar refractivity (Wildman–Crippen MR) is 82.5 cm³/mol. The summed E-state index contributed by atoms with van der Waals surface area (Å²) in [6.07, 6.45) is 0. The lowest BCUT2D eigenvalue weighted by atomic mass is 10.0. The van der Waals surface area contributed by atoms with Gasteiger partial charge in [0.2, 0.25) is 0 Å². The number of fused-ring (bicyclic) bond motifs is 1. The van der Waals surface area contributed by atoms with Gasteiger partial charge in [-0.1, -0.05) is 60.7 Å². The Morgan fingerprint density at radius 3 is 2.37 bits per heavy atom. The van der Waals surface area contributed by atoms with E-state index in [4.69, 9.17) is 2.74 Å². The van der Waals surface area contributed by atoms with Gasteiger partial charge in [-0.25, -0.2) is 0 Å². The maximum Gasteiger partial charge on any atom is 0.0544 e. The average molecular weight is 249 g/mol. The Balaban J connectivity index is 2.12. The minimum atomic E-state index is -1.58. The minimum absolute atomic E-state index is 0.687. The molecule has 0 aliphatic rings. The number of rotatable bonds is 3. The number of para-hydroxylation sites is 1. The fraction of sp³-hybridized carbons (Fsp3) is 0.111. The van der Waals surface area contributed by atoms with Crippen LogP contribution >= 0.6 is 0 Å². The molecule has 0 aliphatic carbocycles. The van der Waals surface area contributed by atoms with Crippen LogP contribution in [0.3, 0.4) is 0 Å². The third-order valence-electron chi connectivity index (χ3n) is 3.22. The summed E-state index contributed by atoms with van der Waals surface area (Å²) >= 11 is 0. The van der Waals surface area contributed by atoms with E-state index in [9.17, 15) is 0 Å². The molecule has 0 radical (unpaired) electrons. The van der Waals surface area contributed by atoms with Crippen LogP contribution in [0.1, 0.15) is 8.30 Å². The Labute approximate surface area is 116 Å². The lowest BCUT2D eigenvalue weighted by molar-refractivity contribution is 0.930. The maximum absolute atomic E-state index is 8.59. The fourth-order valence-electron chi connectivity index (χ4n) is 2.22. The van der Waals surface area contributed by atoms with Gasteiger partial charge < -0.3 is 4.90 Å².